The predicted octanol–water partition coefficient (Wildman–Crippen LogP) is 3.76. The normalized spacial score (nSPS) is 12.8. The fourth-order valence-electron chi connectivity index (χ4n) is 1.88. The molecule has 0 aromatic rings. The molecule has 0 radical (unpaired) electrons. The molecule has 0 rings (SSSR count). The van der Waals surface area contributed by atoms with Crippen molar-refractivity contribution >= 4 is 0 Å². The number of rotatable bonds is 11. The van der Waals surface area contributed by atoms with Gasteiger partial charge >= 0.3 is 0 Å². The lowest BCUT2D eigenvalue weighted by atomic mass is 10.2. The summed E-state index contributed by atoms with van der Waals surface area (Å²) in [6.45, 7) is 12.8. The summed E-state index contributed by atoms with van der Waals surface area (Å²) in [5.74, 6) is 0. The highest BCUT2D eigenvalue weighted by atomic mass is 16.5. The lowest BCUT2D eigenvalue weighted by Gasteiger charge is -2.37. The van der Waals surface area contributed by atoms with Gasteiger partial charge in [-0.3, -0.25) is 4.90 Å². The Morgan fingerprint density at radius 1 is 0.944 bits per heavy atom. The maximum atomic E-state index is 12.1. The Balaban J connectivity index is 4.17. The van der Waals surface area contributed by atoms with Crippen molar-refractivity contribution in [1.29, 1.82) is 0 Å². The minimum atomic E-state index is -0.199. The van der Waals surface area contributed by atoms with Crippen LogP contribution < -0.4 is 0 Å². The molecular weight excluding hydrogens is 224 g/mol. The van der Waals surface area contributed by atoms with Gasteiger partial charge in [0.25, 0.3) is 0 Å². The van der Waals surface area contributed by atoms with E-state index in [1.54, 1.807) is 0 Å². The van der Waals surface area contributed by atoms with E-state index in [-0.39, 0.29) is 4.65 Å². The Kier molecular flexibility index (Phi) is 10.3. The third kappa shape index (κ3) is 7.85. The van der Waals surface area contributed by atoms with E-state index in [1.807, 2.05) is 20.0 Å². The van der Waals surface area contributed by atoms with E-state index in [9.17, 15) is 5.21 Å². The van der Waals surface area contributed by atoms with E-state index in [4.69, 9.17) is 0 Å². The van der Waals surface area contributed by atoms with Crippen LogP contribution in [0.5, 0.6) is 0 Å². The first-order valence-corrected chi connectivity index (χ1v) is 7.59. The van der Waals surface area contributed by atoms with Crippen LogP contribution in [0.15, 0.2) is 12.3 Å². The molecule has 3 nitrogen and oxygen atoms in total. The van der Waals surface area contributed by atoms with E-state index < -0.39 is 0 Å². The zero-order valence-corrected chi connectivity index (χ0v) is 12.8. The van der Waals surface area contributed by atoms with Gasteiger partial charge in [-0.25, -0.2) is 0 Å². The van der Waals surface area contributed by atoms with Gasteiger partial charge in [-0.15, -0.1) is 0 Å². The molecule has 0 fully saturated rings. The summed E-state index contributed by atoms with van der Waals surface area (Å²) in [6, 6.07) is 0. The molecule has 0 unspecified atom stereocenters. The van der Waals surface area contributed by atoms with E-state index in [2.05, 4.69) is 24.8 Å². The van der Waals surface area contributed by atoms with E-state index in [0.29, 0.717) is 13.1 Å². The first-order chi connectivity index (χ1) is 8.61. The van der Waals surface area contributed by atoms with Crippen LogP contribution in [0.4, 0.5) is 0 Å². The van der Waals surface area contributed by atoms with Crippen LogP contribution in [0.3, 0.4) is 0 Å². The molecule has 0 aromatic heterocycles. The molecular formula is C15H32N2O. The van der Waals surface area contributed by atoms with Gasteiger partial charge in [-0.2, -0.15) is 0 Å². The Labute approximate surface area is 114 Å². The SMILES string of the molecule is CCCCN(C/C=C/[N+]([O-])(CC)CC)CCCC. The van der Waals surface area contributed by atoms with Crippen LogP contribution in [-0.2, 0) is 0 Å². The second-order valence-corrected chi connectivity index (χ2v) is 4.98. The summed E-state index contributed by atoms with van der Waals surface area (Å²) >= 11 is 0. The first kappa shape index (κ1) is 17.6. The van der Waals surface area contributed by atoms with Crippen molar-refractivity contribution in [2.75, 3.05) is 32.7 Å². The summed E-state index contributed by atoms with van der Waals surface area (Å²) in [5.41, 5.74) is 0. The van der Waals surface area contributed by atoms with Gasteiger partial charge in [0.1, 0.15) is 0 Å². The second-order valence-electron chi connectivity index (χ2n) is 4.98. The van der Waals surface area contributed by atoms with Crippen LogP contribution >= 0.6 is 0 Å². The van der Waals surface area contributed by atoms with Gasteiger partial charge < -0.3 is 9.85 Å². The van der Waals surface area contributed by atoms with Gasteiger partial charge in [0.15, 0.2) is 0 Å². The molecule has 0 saturated heterocycles. The zero-order chi connectivity index (χ0) is 13.9. The van der Waals surface area contributed by atoms with Gasteiger partial charge in [0.05, 0.1) is 19.3 Å². The summed E-state index contributed by atoms with van der Waals surface area (Å²) in [4.78, 5) is 2.46. The molecule has 0 bridgehead atoms. The van der Waals surface area contributed by atoms with Crippen LogP contribution in [0.25, 0.3) is 0 Å². The maximum Gasteiger partial charge on any atom is 0.0931 e. The Bertz CT molecular complexity index is 205. The van der Waals surface area contributed by atoms with Crippen molar-refractivity contribution in [3.8, 4) is 0 Å². The minimum Gasteiger partial charge on any atom is -0.628 e. The predicted molar refractivity (Wildman–Crippen MR) is 80.1 cm³/mol. The molecule has 108 valence electrons. The lowest BCUT2D eigenvalue weighted by molar-refractivity contribution is -0.825. The molecule has 0 spiro atoms. The fourth-order valence-corrected chi connectivity index (χ4v) is 1.88. The van der Waals surface area contributed by atoms with Crippen molar-refractivity contribution in [2.24, 2.45) is 0 Å². The molecule has 3 heteroatoms. The molecule has 0 amide bonds. The van der Waals surface area contributed by atoms with E-state index >= 15 is 0 Å². The van der Waals surface area contributed by atoms with Crippen molar-refractivity contribution < 1.29 is 4.65 Å². The highest BCUT2D eigenvalue weighted by Crippen LogP contribution is 2.05. The zero-order valence-electron chi connectivity index (χ0n) is 12.8. The van der Waals surface area contributed by atoms with Gasteiger partial charge in [0, 0.05) is 6.54 Å². The van der Waals surface area contributed by atoms with E-state index in [0.717, 1.165) is 19.6 Å². The highest BCUT2D eigenvalue weighted by molar-refractivity contribution is 4.80. The topological polar surface area (TPSA) is 26.3 Å². The van der Waals surface area contributed by atoms with Crippen molar-refractivity contribution in [2.45, 2.75) is 53.4 Å². The van der Waals surface area contributed by atoms with Crippen LogP contribution in [-0.4, -0.2) is 42.3 Å². The molecule has 0 atom stereocenters. The summed E-state index contributed by atoms with van der Waals surface area (Å²) in [7, 11) is 0. The minimum absolute atomic E-state index is 0.199. The number of hydrogen-bond acceptors (Lipinski definition) is 2. The molecule has 0 aliphatic carbocycles. The average molecular weight is 256 g/mol. The standard InChI is InChI=1S/C15H32N2O/c1-5-9-12-16(13-10-6-2)14-11-15-17(18,7-3)8-4/h11,15H,5-10,12-14H2,1-4H3/b15-11+. The Morgan fingerprint density at radius 3 is 1.83 bits per heavy atom. The maximum absolute atomic E-state index is 12.1. The van der Waals surface area contributed by atoms with E-state index in [1.165, 1.54) is 25.7 Å². The number of unbranched alkanes of at least 4 members (excludes halogenated alkanes) is 2. The van der Waals surface area contributed by atoms with Gasteiger partial charge in [0.2, 0.25) is 0 Å². The molecule has 0 N–H and O–H groups in total. The second kappa shape index (κ2) is 10.5. The van der Waals surface area contributed by atoms with Crippen molar-refractivity contribution in [3.05, 3.63) is 17.5 Å². The molecule has 18 heavy (non-hydrogen) atoms. The third-order valence-corrected chi connectivity index (χ3v) is 3.47. The average Bonchev–Trinajstić information content (AvgIpc) is 2.40. The molecule has 0 aliphatic rings. The number of hydrogen-bond donors (Lipinski definition) is 0. The van der Waals surface area contributed by atoms with Crippen LogP contribution in [0, 0.1) is 5.21 Å². The van der Waals surface area contributed by atoms with Crippen LogP contribution in [0.2, 0.25) is 0 Å². The largest absolute Gasteiger partial charge is 0.628 e. The fraction of sp³-hybridized carbons (Fsp3) is 0.867. The number of hydroxylamine groups is 3. The van der Waals surface area contributed by atoms with Crippen molar-refractivity contribution in [1.82, 2.24) is 4.90 Å². The third-order valence-electron chi connectivity index (χ3n) is 3.47. The smallest absolute Gasteiger partial charge is 0.0931 e. The highest BCUT2D eigenvalue weighted by Gasteiger charge is 2.07. The summed E-state index contributed by atoms with van der Waals surface area (Å²) in [6.07, 6.45) is 8.85. The van der Waals surface area contributed by atoms with Crippen molar-refractivity contribution in [3.63, 3.8) is 0 Å². The summed E-state index contributed by atoms with van der Waals surface area (Å²) < 4.78 is -0.199. The first-order valence-electron chi connectivity index (χ1n) is 7.59. The summed E-state index contributed by atoms with van der Waals surface area (Å²) in [5, 5.41) is 12.1. The van der Waals surface area contributed by atoms with Gasteiger partial charge in [-0.05, 0) is 45.9 Å². The van der Waals surface area contributed by atoms with Crippen LogP contribution in [0.1, 0.15) is 53.4 Å². The molecule has 0 aromatic carbocycles. The monoisotopic (exact) mass is 256 g/mol. The van der Waals surface area contributed by atoms with Gasteiger partial charge in [-0.1, -0.05) is 26.7 Å². The Morgan fingerprint density at radius 2 is 1.44 bits per heavy atom. The molecule has 0 aliphatic heterocycles. The Hall–Kier alpha value is -0.380. The molecule has 0 saturated carbocycles. The number of nitrogens with zero attached hydrogens (tertiary/aromatic N) is 2. The lowest BCUT2D eigenvalue weighted by Crippen LogP contribution is -2.36. The quantitative estimate of drug-likeness (QED) is 0.415. The molecule has 0 heterocycles. The number of quaternary nitrogens is 1.